The molecule has 1 N–H and O–H groups in total. The number of carbonyl (C=O) groups excluding carboxylic acids is 1. The quantitative estimate of drug-likeness (QED) is 0.529. The first-order valence-corrected chi connectivity index (χ1v) is 11.8. The molecule has 0 bridgehead atoms. The number of aromatic nitrogens is 3. The van der Waals surface area contributed by atoms with Crippen molar-refractivity contribution in [2.45, 2.75) is 38.3 Å². The minimum atomic E-state index is -3.73. The Morgan fingerprint density at radius 1 is 1.12 bits per heavy atom. The van der Waals surface area contributed by atoms with Gasteiger partial charge in [-0.1, -0.05) is 26.0 Å². The van der Waals surface area contributed by atoms with Gasteiger partial charge in [0.1, 0.15) is 6.54 Å². The maximum atomic E-state index is 12.7. The van der Waals surface area contributed by atoms with Gasteiger partial charge in [-0.25, -0.2) is 13.4 Å². The molecule has 1 atom stereocenters. The molecule has 2 aromatic heterocycles. The number of nitrogens with one attached hydrogen (secondary N) is 1. The molecule has 32 heavy (non-hydrogen) atoms. The maximum Gasteiger partial charge on any atom is 0.251 e. The molecule has 0 unspecified atom stereocenters. The van der Waals surface area contributed by atoms with E-state index >= 15 is 0 Å². The second-order valence-corrected chi connectivity index (χ2v) is 9.21. The zero-order valence-electron chi connectivity index (χ0n) is 18.3. The Labute approximate surface area is 187 Å². The number of hydrogen-bond acceptors (Lipinski definition) is 5. The van der Waals surface area contributed by atoms with Gasteiger partial charge in [0.05, 0.1) is 17.3 Å². The minimum Gasteiger partial charge on any atom is -0.348 e. The number of carbonyl (C=O) groups is 1. The van der Waals surface area contributed by atoms with Crippen LogP contribution in [0.25, 0.3) is 5.69 Å². The summed E-state index contributed by atoms with van der Waals surface area (Å²) in [6.07, 6.45) is 6.46. The monoisotopic (exact) mass is 457 g/mol. The first kappa shape index (κ1) is 23.4. The van der Waals surface area contributed by atoms with Gasteiger partial charge in [-0.05, 0) is 30.7 Å². The molecule has 0 aliphatic rings. The molecule has 9 nitrogen and oxygen atoms in total. The van der Waals surface area contributed by atoms with E-state index in [2.05, 4.69) is 10.3 Å². The van der Waals surface area contributed by atoms with E-state index in [1.54, 1.807) is 26.4 Å². The molecule has 1 amide bonds. The summed E-state index contributed by atoms with van der Waals surface area (Å²) in [7, 11) is -3.73. The van der Waals surface area contributed by atoms with Crippen LogP contribution >= 0.6 is 0 Å². The Hall–Kier alpha value is -3.24. The molecule has 0 aliphatic carbocycles. The third-order valence-corrected chi connectivity index (χ3v) is 7.22. The summed E-state index contributed by atoms with van der Waals surface area (Å²) in [5.41, 5.74) is 1.39. The molecular formula is C22H27N5O4S. The predicted octanol–water partition coefficient (Wildman–Crippen LogP) is 1.94. The van der Waals surface area contributed by atoms with E-state index in [4.69, 9.17) is 0 Å². The number of sulfonamides is 1. The fourth-order valence-corrected chi connectivity index (χ4v) is 4.85. The van der Waals surface area contributed by atoms with Gasteiger partial charge in [0.15, 0.2) is 0 Å². The number of amides is 1. The summed E-state index contributed by atoms with van der Waals surface area (Å²) in [5.74, 6) is -0.393. The summed E-state index contributed by atoms with van der Waals surface area (Å²) < 4.78 is 29.7. The van der Waals surface area contributed by atoms with Crippen LogP contribution in [0.2, 0.25) is 0 Å². The Morgan fingerprint density at radius 3 is 2.41 bits per heavy atom. The van der Waals surface area contributed by atoms with Crippen LogP contribution in [0.4, 0.5) is 0 Å². The van der Waals surface area contributed by atoms with Crippen LogP contribution < -0.4 is 10.9 Å². The number of pyridine rings is 1. The summed E-state index contributed by atoms with van der Waals surface area (Å²) >= 11 is 0. The molecule has 2 heterocycles. The van der Waals surface area contributed by atoms with E-state index in [9.17, 15) is 18.0 Å². The van der Waals surface area contributed by atoms with Crippen LogP contribution in [0.5, 0.6) is 0 Å². The van der Waals surface area contributed by atoms with Crippen molar-refractivity contribution in [2.24, 2.45) is 0 Å². The minimum absolute atomic E-state index is 0.0169. The van der Waals surface area contributed by atoms with Gasteiger partial charge in [-0.2, -0.15) is 4.31 Å². The van der Waals surface area contributed by atoms with Crippen molar-refractivity contribution >= 4 is 15.9 Å². The lowest BCUT2D eigenvalue weighted by molar-refractivity contribution is -0.122. The molecule has 0 saturated carbocycles. The highest BCUT2D eigenvalue weighted by Gasteiger charge is 2.22. The topological polar surface area (TPSA) is 106 Å². The number of benzene rings is 1. The van der Waals surface area contributed by atoms with E-state index in [1.165, 1.54) is 22.6 Å². The van der Waals surface area contributed by atoms with Gasteiger partial charge in [0.2, 0.25) is 15.9 Å². The Morgan fingerprint density at radius 2 is 1.81 bits per heavy atom. The molecule has 10 heteroatoms. The molecule has 0 saturated heterocycles. The van der Waals surface area contributed by atoms with Crippen LogP contribution in [-0.2, 0) is 21.4 Å². The highest BCUT2D eigenvalue weighted by molar-refractivity contribution is 7.89. The fraction of sp³-hybridized carbons (Fsp3) is 0.318. The first-order chi connectivity index (χ1) is 15.3. The largest absolute Gasteiger partial charge is 0.348 e. The second kappa shape index (κ2) is 9.92. The Bertz CT molecular complexity index is 1210. The van der Waals surface area contributed by atoms with E-state index < -0.39 is 21.5 Å². The molecule has 0 fully saturated rings. The van der Waals surface area contributed by atoms with Gasteiger partial charge in [0, 0.05) is 43.4 Å². The van der Waals surface area contributed by atoms with Crippen molar-refractivity contribution in [1.29, 1.82) is 0 Å². The van der Waals surface area contributed by atoms with Crippen LogP contribution in [-0.4, -0.2) is 45.8 Å². The van der Waals surface area contributed by atoms with Gasteiger partial charge in [-0.3, -0.25) is 9.59 Å². The van der Waals surface area contributed by atoms with Gasteiger partial charge in [-0.15, -0.1) is 0 Å². The molecule has 3 rings (SSSR count). The normalized spacial score (nSPS) is 12.6. The van der Waals surface area contributed by atoms with Crippen molar-refractivity contribution in [3.63, 3.8) is 0 Å². The highest BCUT2D eigenvalue weighted by Crippen LogP contribution is 2.16. The lowest BCUT2D eigenvalue weighted by Crippen LogP contribution is -2.35. The molecule has 1 aromatic carbocycles. The number of hydrogen-bond donors (Lipinski definition) is 1. The molecule has 170 valence electrons. The van der Waals surface area contributed by atoms with Gasteiger partial charge >= 0.3 is 0 Å². The molecular weight excluding hydrogens is 430 g/mol. The first-order valence-electron chi connectivity index (χ1n) is 10.3. The van der Waals surface area contributed by atoms with E-state index in [0.717, 1.165) is 15.8 Å². The number of nitrogens with zero attached hydrogens (tertiary/aromatic N) is 4. The molecule has 0 spiro atoms. The lowest BCUT2D eigenvalue weighted by atomic mass is 10.1. The molecule has 0 radical (unpaired) electrons. The fourth-order valence-electron chi connectivity index (χ4n) is 3.37. The number of rotatable bonds is 9. The maximum absolute atomic E-state index is 12.7. The van der Waals surface area contributed by atoms with Crippen molar-refractivity contribution in [2.75, 3.05) is 13.1 Å². The molecule has 3 aromatic rings. The van der Waals surface area contributed by atoms with Crippen molar-refractivity contribution in [3.8, 4) is 5.69 Å². The second-order valence-electron chi connectivity index (χ2n) is 7.27. The van der Waals surface area contributed by atoms with Crippen molar-refractivity contribution in [1.82, 2.24) is 23.7 Å². The average molecular weight is 458 g/mol. The summed E-state index contributed by atoms with van der Waals surface area (Å²) in [6.45, 7) is 5.68. The van der Waals surface area contributed by atoms with Crippen LogP contribution in [0, 0.1) is 0 Å². The Balaban J connectivity index is 1.71. The van der Waals surface area contributed by atoms with Crippen LogP contribution in [0.1, 0.15) is 32.4 Å². The number of imidazole rings is 1. The van der Waals surface area contributed by atoms with Crippen LogP contribution in [0.3, 0.4) is 0 Å². The summed E-state index contributed by atoms with van der Waals surface area (Å²) in [5, 5.41) is 2.85. The lowest BCUT2D eigenvalue weighted by Gasteiger charge is -2.19. The summed E-state index contributed by atoms with van der Waals surface area (Å²) in [6, 6.07) is 9.80. The van der Waals surface area contributed by atoms with E-state index in [1.807, 2.05) is 42.0 Å². The standard InChI is InChI=1S/C22H27N5O4S/c1-4-27(5-2)32(30,31)20-10-11-22(29)26(14-20)15-21(28)24-17(3)18-6-8-19(9-7-18)25-13-12-23-16-25/h6-14,16-17H,4-5,15H2,1-3H3,(H,24,28)/t17-/m0/s1. The summed E-state index contributed by atoms with van der Waals surface area (Å²) in [4.78, 5) is 28.8. The molecule has 0 aliphatic heterocycles. The zero-order valence-corrected chi connectivity index (χ0v) is 19.1. The van der Waals surface area contributed by atoms with E-state index in [-0.39, 0.29) is 17.5 Å². The third kappa shape index (κ3) is 5.14. The highest BCUT2D eigenvalue weighted by atomic mass is 32.2. The van der Waals surface area contributed by atoms with Gasteiger partial charge < -0.3 is 14.5 Å². The van der Waals surface area contributed by atoms with E-state index in [0.29, 0.717) is 13.1 Å². The zero-order chi connectivity index (χ0) is 23.3. The average Bonchev–Trinajstić information content (AvgIpc) is 3.31. The smallest absolute Gasteiger partial charge is 0.251 e. The third-order valence-electron chi connectivity index (χ3n) is 5.19. The van der Waals surface area contributed by atoms with Crippen molar-refractivity contribution in [3.05, 3.63) is 77.2 Å². The Kier molecular flexibility index (Phi) is 7.26. The SMILES string of the molecule is CCN(CC)S(=O)(=O)c1ccc(=O)n(CC(=O)N[C@@H](C)c2ccc(-n3ccnc3)cc2)c1. The van der Waals surface area contributed by atoms with Gasteiger partial charge in [0.25, 0.3) is 5.56 Å². The predicted molar refractivity (Wildman–Crippen MR) is 121 cm³/mol. The van der Waals surface area contributed by atoms with Crippen molar-refractivity contribution < 1.29 is 13.2 Å². The van der Waals surface area contributed by atoms with Crippen LogP contribution in [0.15, 0.2) is 71.0 Å².